The van der Waals surface area contributed by atoms with Crippen LogP contribution in [-0.4, -0.2) is 36.5 Å². The molecule has 3 nitrogen and oxygen atoms in total. The molecule has 0 aromatic heterocycles. The van der Waals surface area contributed by atoms with Crippen molar-refractivity contribution >= 4 is 5.91 Å². The van der Waals surface area contributed by atoms with Gasteiger partial charge in [-0.2, -0.15) is 0 Å². The molecule has 2 fully saturated rings. The molecule has 0 aromatic rings. The van der Waals surface area contributed by atoms with E-state index in [0.717, 1.165) is 13.1 Å². The summed E-state index contributed by atoms with van der Waals surface area (Å²) in [4.78, 5) is 13.6. The summed E-state index contributed by atoms with van der Waals surface area (Å²) in [5, 5.41) is 3.26. The molecule has 1 aliphatic heterocycles. The van der Waals surface area contributed by atoms with Gasteiger partial charge in [-0.05, 0) is 25.2 Å². The topological polar surface area (TPSA) is 32.3 Å². The van der Waals surface area contributed by atoms with Crippen molar-refractivity contribution in [2.45, 2.75) is 32.2 Å². The Morgan fingerprint density at radius 2 is 2.23 bits per heavy atom. The summed E-state index contributed by atoms with van der Waals surface area (Å²) < 4.78 is 0. The molecule has 0 spiro atoms. The second-order valence-electron chi connectivity index (χ2n) is 4.39. The highest BCUT2D eigenvalue weighted by atomic mass is 16.2. The minimum absolute atomic E-state index is 0.288. The van der Waals surface area contributed by atoms with Crippen molar-refractivity contribution in [2.75, 3.05) is 19.6 Å². The Labute approximate surface area is 79.5 Å². The van der Waals surface area contributed by atoms with Gasteiger partial charge in [0.25, 0.3) is 0 Å². The molecule has 13 heavy (non-hydrogen) atoms. The van der Waals surface area contributed by atoms with E-state index in [2.05, 4.69) is 12.2 Å². The number of carbonyl (C=O) groups excluding carboxylic acids is 1. The zero-order valence-corrected chi connectivity index (χ0v) is 8.25. The number of hydrogen-bond donors (Lipinski definition) is 1. The normalized spacial score (nSPS) is 28.1. The quantitative estimate of drug-likeness (QED) is 0.693. The third kappa shape index (κ3) is 2.44. The van der Waals surface area contributed by atoms with Crippen molar-refractivity contribution in [3.63, 3.8) is 0 Å². The Balaban J connectivity index is 1.69. The maximum Gasteiger partial charge on any atom is 0.236 e. The first-order chi connectivity index (χ1) is 6.25. The molecule has 2 rings (SSSR count). The third-order valence-electron chi connectivity index (χ3n) is 2.90. The fraction of sp³-hybridized carbons (Fsp3) is 0.900. The molecule has 2 aliphatic rings. The maximum absolute atomic E-state index is 11.6. The Morgan fingerprint density at radius 1 is 1.46 bits per heavy atom. The standard InChI is InChI=1S/C10H18N2O/c1-8-4-5-12(7-8)10(13)6-11-9-2-3-9/h8-9,11H,2-7H2,1H3. The summed E-state index contributed by atoms with van der Waals surface area (Å²) in [7, 11) is 0. The largest absolute Gasteiger partial charge is 0.341 e. The minimum Gasteiger partial charge on any atom is -0.341 e. The average molecular weight is 182 g/mol. The highest BCUT2D eigenvalue weighted by Gasteiger charge is 2.25. The van der Waals surface area contributed by atoms with E-state index >= 15 is 0 Å². The van der Waals surface area contributed by atoms with E-state index in [9.17, 15) is 4.79 Å². The first kappa shape index (κ1) is 9.00. The van der Waals surface area contributed by atoms with E-state index < -0.39 is 0 Å². The lowest BCUT2D eigenvalue weighted by Gasteiger charge is -2.15. The smallest absolute Gasteiger partial charge is 0.236 e. The van der Waals surface area contributed by atoms with Crippen LogP contribution in [0.1, 0.15) is 26.2 Å². The van der Waals surface area contributed by atoms with Crippen molar-refractivity contribution in [3.8, 4) is 0 Å². The molecule has 1 saturated heterocycles. The molecule has 0 bridgehead atoms. The average Bonchev–Trinajstić information content (AvgIpc) is 2.84. The van der Waals surface area contributed by atoms with Gasteiger partial charge in [0.2, 0.25) is 5.91 Å². The molecule has 1 unspecified atom stereocenters. The monoisotopic (exact) mass is 182 g/mol. The number of rotatable bonds is 3. The Hall–Kier alpha value is -0.570. The Bertz CT molecular complexity index is 201. The number of hydrogen-bond acceptors (Lipinski definition) is 2. The summed E-state index contributed by atoms with van der Waals surface area (Å²) in [6.45, 7) is 4.69. The van der Waals surface area contributed by atoms with Crippen LogP contribution < -0.4 is 5.32 Å². The van der Waals surface area contributed by atoms with Crippen molar-refractivity contribution in [3.05, 3.63) is 0 Å². The second-order valence-corrected chi connectivity index (χ2v) is 4.39. The van der Waals surface area contributed by atoms with Gasteiger partial charge in [-0.15, -0.1) is 0 Å². The van der Waals surface area contributed by atoms with Crippen LogP contribution in [0.2, 0.25) is 0 Å². The first-order valence-corrected chi connectivity index (χ1v) is 5.27. The summed E-state index contributed by atoms with van der Waals surface area (Å²) >= 11 is 0. The van der Waals surface area contributed by atoms with E-state index in [0.29, 0.717) is 18.5 Å². The van der Waals surface area contributed by atoms with Crippen molar-refractivity contribution in [2.24, 2.45) is 5.92 Å². The Morgan fingerprint density at radius 3 is 2.77 bits per heavy atom. The van der Waals surface area contributed by atoms with Gasteiger partial charge < -0.3 is 10.2 Å². The maximum atomic E-state index is 11.6. The molecule has 0 radical (unpaired) electrons. The molecule has 1 aliphatic carbocycles. The van der Waals surface area contributed by atoms with Crippen molar-refractivity contribution in [1.82, 2.24) is 10.2 Å². The SMILES string of the molecule is CC1CCN(C(=O)CNC2CC2)C1. The van der Waals surface area contributed by atoms with Crippen molar-refractivity contribution in [1.29, 1.82) is 0 Å². The molecule has 1 heterocycles. The van der Waals surface area contributed by atoms with Gasteiger partial charge in [-0.25, -0.2) is 0 Å². The van der Waals surface area contributed by atoms with Crippen LogP contribution in [0.15, 0.2) is 0 Å². The summed E-state index contributed by atoms with van der Waals surface area (Å²) in [6.07, 6.45) is 3.68. The zero-order chi connectivity index (χ0) is 9.26. The third-order valence-corrected chi connectivity index (χ3v) is 2.90. The molecule has 3 heteroatoms. The Kier molecular flexibility index (Phi) is 2.54. The van der Waals surface area contributed by atoms with Crippen molar-refractivity contribution < 1.29 is 4.79 Å². The van der Waals surface area contributed by atoms with E-state index in [1.54, 1.807) is 0 Å². The van der Waals surface area contributed by atoms with E-state index in [1.807, 2.05) is 4.90 Å². The molecule has 1 N–H and O–H groups in total. The molecule has 0 aromatic carbocycles. The van der Waals surface area contributed by atoms with Gasteiger partial charge in [0.15, 0.2) is 0 Å². The number of carbonyl (C=O) groups is 1. The number of likely N-dealkylation sites (tertiary alicyclic amines) is 1. The lowest BCUT2D eigenvalue weighted by atomic mass is 10.2. The van der Waals surface area contributed by atoms with Gasteiger partial charge in [0.05, 0.1) is 6.54 Å². The molecule has 1 saturated carbocycles. The summed E-state index contributed by atoms with van der Waals surface area (Å²) in [6, 6.07) is 0.643. The van der Waals surface area contributed by atoms with Gasteiger partial charge >= 0.3 is 0 Å². The van der Waals surface area contributed by atoms with Crippen LogP contribution in [0.4, 0.5) is 0 Å². The number of amides is 1. The fourth-order valence-corrected chi connectivity index (χ4v) is 1.79. The van der Waals surface area contributed by atoms with Gasteiger partial charge in [0.1, 0.15) is 0 Å². The lowest BCUT2D eigenvalue weighted by molar-refractivity contribution is -0.129. The van der Waals surface area contributed by atoms with E-state index in [-0.39, 0.29) is 5.91 Å². The summed E-state index contributed by atoms with van der Waals surface area (Å²) in [5.74, 6) is 0.987. The second kappa shape index (κ2) is 3.66. The predicted molar refractivity (Wildman–Crippen MR) is 51.4 cm³/mol. The van der Waals surface area contributed by atoms with Crippen LogP contribution in [0.3, 0.4) is 0 Å². The highest BCUT2D eigenvalue weighted by Crippen LogP contribution is 2.19. The van der Waals surface area contributed by atoms with Crippen LogP contribution in [0.5, 0.6) is 0 Å². The van der Waals surface area contributed by atoms with E-state index in [1.165, 1.54) is 19.3 Å². The van der Waals surface area contributed by atoms with Crippen LogP contribution in [0.25, 0.3) is 0 Å². The number of nitrogens with one attached hydrogen (secondary N) is 1. The van der Waals surface area contributed by atoms with E-state index in [4.69, 9.17) is 0 Å². The minimum atomic E-state index is 0.288. The van der Waals surface area contributed by atoms with Crippen LogP contribution >= 0.6 is 0 Å². The molecular formula is C10H18N2O. The fourth-order valence-electron chi connectivity index (χ4n) is 1.79. The number of nitrogens with zero attached hydrogens (tertiary/aromatic N) is 1. The lowest BCUT2D eigenvalue weighted by Crippen LogP contribution is -2.37. The van der Waals surface area contributed by atoms with Crippen LogP contribution in [-0.2, 0) is 4.79 Å². The van der Waals surface area contributed by atoms with Gasteiger partial charge in [-0.3, -0.25) is 4.79 Å². The molecule has 1 amide bonds. The molecule has 1 atom stereocenters. The summed E-state index contributed by atoms with van der Waals surface area (Å²) in [5.41, 5.74) is 0. The highest BCUT2D eigenvalue weighted by molar-refractivity contribution is 5.78. The molecule has 74 valence electrons. The van der Waals surface area contributed by atoms with Gasteiger partial charge in [-0.1, -0.05) is 6.92 Å². The predicted octanol–water partition coefficient (Wildman–Crippen LogP) is 0.607. The zero-order valence-electron chi connectivity index (χ0n) is 8.25. The first-order valence-electron chi connectivity index (χ1n) is 5.27. The van der Waals surface area contributed by atoms with Gasteiger partial charge in [0, 0.05) is 19.1 Å². The molecular weight excluding hydrogens is 164 g/mol. The van der Waals surface area contributed by atoms with Crippen LogP contribution in [0, 0.1) is 5.92 Å².